The minimum atomic E-state index is 0.369. The molecule has 106 valence electrons. The summed E-state index contributed by atoms with van der Waals surface area (Å²) in [6, 6.07) is 6.14. The number of aromatic hydroxyl groups is 1. The lowest BCUT2D eigenvalue weighted by atomic mass is 9.87. The van der Waals surface area contributed by atoms with Crippen LogP contribution in [0.25, 0.3) is 0 Å². The molecule has 1 atom stereocenters. The molecule has 1 aromatic carbocycles. The highest BCUT2D eigenvalue weighted by molar-refractivity contribution is 5.38. The molecule has 0 bridgehead atoms. The Bertz CT molecular complexity index is 551. The van der Waals surface area contributed by atoms with Gasteiger partial charge < -0.3 is 15.4 Å². The highest BCUT2D eigenvalue weighted by atomic mass is 16.3. The Hall–Kier alpha value is -1.81. The van der Waals surface area contributed by atoms with Gasteiger partial charge in [0.05, 0.1) is 0 Å². The Balaban J connectivity index is 1.55. The molecule has 0 fully saturated rings. The molecule has 1 unspecified atom stereocenters. The quantitative estimate of drug-likeness (QED) is 0.733. The summed E-state index contributed by atoms with van der Waals surface area (Å²) < 4.78 is 0. The number of nitrogens with one attached hydrogen (secondary N) is 2. The average Bonchev–Trinajstić information content (AvgIpc) is 2.97. The van der Waals surface area contributed by atoms with Gasteiger partial charge in [-0.2, -0.15) is 0 Å². The number of aryl methyl sites for hydroxylation is 2. The van der Waals surface area contributed by atoms with E-state index in [1.54, 1.807) is 12.3 Å². The number of fused-ring (bicyclic) bond motifs is 1. The first-order chi connectivity index (χ1) is 9.83. The van der Waals surface area contributed by atoms with Crippen LogP contribution in [0.1, 0.15) is 42.3 Å². The van der Waals surface area contributed by atoms with Crippen molar-refractivity contribution in [3.05, 3.63) is 47.5 Å². The van der Waals surface area contributed by atoms with Crippen molar-refractivity contribution in [1.29, 1.82) is 0 Å². The third-order valence-electron chi connectivity index (χ3n) is 3.98. The molecule has 3 rings (SSSR count). The summed E-state index contributed by atoms with van der Waals surface area (Å²) in [6.45, 7) is 0.973. The Morgan fingerprint density at radius 3 is 3.20 bits per heavy atom. The van der Waals surface area contributed by atoms with Gasteiger partial charge in [-0.05, 0) is 55.5 Å². The Kier molecular flexibility index (Phi) is 4.02. The van der Waals surface area contributed by atoms with Crippen LogP contribution in [-0.2, 0) is 12.8 Å². The summed E-state index contributed by atoms with van der Waals surface area (Å²) in [5, 5.41) is 13.3. The number of aromatic amines is 1. The second-order valence-electron chi connectivity index (χ2n) is 5.42. The molecule has 2 aromatic rings. The molecule has 0 saturated carbocycles. The van der Waals surface area contributed by atoms with E-state index < -0.39 is 0 Å². The Morgan fingerprint density at radius 1 is 1.40 bits per heavy atom. The van der Waals surface area contributed by atoms with Gasteiger partial charge in [-0.25, -0.2) is 4.98 Å². The molecule has 1 aliphatic rings. The van der Waals surface area contributed by atoms with E-state index >= 15 is 0 Å². The first-order valence-corrected chi connectivity index (χ1v) is 7.36. The van der Waals surface area contributed by atoms with Crippen molar-refractivity contribution in [2.24, 2.45) is 0 Å². The number of phenolic OH excluding ortho intramolecular Hbond substituents is 1. The molecule has 20 heavy (non-hydrogen) atoms. The Morgan fingerprint density at radius 2 is 2.35 bits per heavy atom. The highest BCUT2D eigenvalue weighted by Gasteiger charge is 2.19. The van der Waals surface area contributed by atoms with Gasteiger partial charge in [0.15, 0.2) is 0 Å². The number of hydrogen-bond donors (Lipinski definition) is 3. The topological polar surface area (TPSA) is 60.9 Å². The van der Waals surface area contributed by atoms with Crippen molar-refractivity contribution in [2.45, 2.75) is 38.1 Å². The molecule has 1 aliphatic carbocycles. The first-order valence-electron chi connectivity index (χ1n) is 7.36. The molecule has 0 spiro atoms. The summed E-state index contributed by atoms with van der Waals surface area (Å²) in [6.07, 6.45) is 9.19. The van der Waals surface area contributed by atoms with E-state index in [1.807, 2.05) is 12.3 Å². The highest BCUT2D eigenvalue weighted by Crippen LogP contribution is 2.31. The second kappa shape index (κ2) is 6.09. The van der Waals surface area contributed by atoms with Crippen LogP contribution < -0.4 is 5.32 Å². The summed E-state index contributed by atoms with van der Waals surface area (Å²) in [7, 11) is 0. The minimum absolute atomic E-state index is 0.369. The van der Waals surface area contributed by atoms with Crippen LogP contribution in [0, 0.1) is 0 Å². The first kappa shape index (κ1) is 13.2. The number of phenols is 1. The molecule has 1 heterocycles. The third-order valence-corrected chi connectivity index (χ3v) is 3.98. The fraction of sp³-hybridized carbons (Fsp3) is 0.438. The van der Waals surface area contributed by atoms with Crippen LogP contribution in [0.4, 0.5) is 0 Å². The Labute approximate surface area is 119 Å². The molecule has 0 amide bonds. The lowest BCUT2D eigenvalue weighted by Crippen LogP contribution is -2.26. The number of hydrogen-bond acceptors (Lipinski definition) is 3. The maximum atomic E-state index is 9.66. The van der Waals surface area contributed by atoms with Crippen LogP contribution in [0.5, 0.6) is 5.75 Å². The van der Waals surface area contributed by atoms with Crippen LogP contribution in [0.15, 0.2) is 30.6 Å². The number of H-pyrrole nitrogens is 1. The van der Waals surface area contributed by atoms with Crippen molar-refractivity contribution >= 4 is 0 Å². The molecule has 4 nitrogen and oxygen atoms in total. The van der Waals surface area contributed by atoms with Crippen molar-refractivity contribution in [2.75, 3.05) is 6.54 Å². The van der Waals surface area contributed by atoms with Gasteiger partial charge in [0.2, 0.25) is 0 Å². The van der Waals surface area contributed by atoms with Gasteiger partial charge in [0, 0.05) is 24.9 Å². The number of benzene rings is 1. The fourth-order valence-corrected chi connectivity index (χ4v) is 2.97. The van der Waals surface area contributed by atoms with E-state index in [-0.39, 0.29) is 0 Å². The standard InChI is InChI=1S/C16H21N3O/c20-13-7-6-12-3-1-4-15(14(12)11-13)17-8-2-5-16-18-9-10-19-16/h6-7,9-11,15,17,20H,1-5,8H2,(H,18,19). The second-order valence-corrected chi connectivity index (χ2v) is 5.42. The third kappa shape index (κ3) is 3.02. The minimum Gasteiger partial charge on any atom is -0.508 e. The van der Waals surface area contributed by atoms with Gasteiger partial charge in [-0.3, -0.25) is 0 Å². The van der Waals surface area contributed by atoms with Crippen molar-refractivity contribution in [3.8, 4) is 5.75 Å². The lowest BCUT2D eigenvalue weighted by Gasteiger charge is -2.26. The smallest absolute Gasteiger partial charge is 0.115 e. The molecule has 4 heteroatoms. The predicted octanol–water partition coefficient (Wildman–Crippen LogP) is 2.72. The summed E-state index contributed by atoms with van der Waals surface area (Å²) in [4.78, 5) is 7.36. The number of rotatable bonds is 5. The van der Waals surface area contributed by atoms with Gasteiger partial charge >= 0.3 is 0 Å². The SMILES string of the molecule is Oc1ccc2c(c1)C(NCCCc1ncc[nH]1)CCC2. The van der Waals surface area contributed by atoms with Crippen molar-refractivity contribution < 1.29 is 5.11 Å². The van der Waals surface area contributed by atoms with Crippen molar-refractivity contribution in [3.63, 3.8) is 0 Å². The average molecular weight is 271 g/mol. The molecule has 0 aliphatic heterocycles. The van der Waals surface area contributed by atoms with E-state index in [2.05, 4.69) is 21.4 Å². The number of nitrogens with zero attached hydrogens (tertiary/aromatic N) is 1. The molecule has 3 N–H and O–H groups in total. The molecular formula is C16H21N3O. The van der Waals surface area contributed by atoms with Crippen molar-refractivity contribution in [1.82, 2.24) is 15.3 Å². The van der Waals surface area contributed by atoms with Crippen LogP contribution in [0.2, 0.25) is 0 Å². The molecule has 0 saturated heterocycles. The van der Waals surface area contributed by atoms with E-state index in [4.69, 9.17) is 0 Å². The maximum absolute atomic E-state index is 9.66. The largest absolute Gasteiger partial charge is 0.508 e. The zero-order valence-electron chi connectivity index (χ0n) is 11.6. The van der Waals surface area contributed by atoms with Crippen LogP contribution in [0.3, 0.4) is 0 Å². The van der Waals surface area contributed by atoms with E-state index in [0.717, 1.165) is 38.1 Å². The van der Waals surface area contributed by atoms with Crippen LogP contribution in [-0.4, -0.2) is 21.6 Å². The summed E-state index contributed by atoms with van der Waals surface area (Å²) in [5.41, 5.74) is 2.65. The molecule has 0 radical (unpaired) electrons. The van der Waals surface area contributed by atoms with E-state index in [0.29, 0.717) is 11.8 Å². The van der Waals surface area contributed by atoms with Gasteiger partial charge in [0.1, 0.15) is 11.6 Å². The summed E-state index contributed by atoms with van der Waals surface area (Å²) in [5.74, 6) is 1.42. The van der Waals surface area contributed by atoms with Gasteiger partial charge in [-0.15, -0.1) is 0 Å². The fourth-order valence-electron chi connectivity index (χ4n) is 2.97. The molecule has 1 aromatic heterocycles. The lowest BCUT2D eigenvalue weighted by molar-refractivity contribution is 0.443. The maximum Gasteiger partial charge on any atom is 0.115 e. The van der Waals surface area contributed by atoms with Gasteiger partial charge in [-0.1, -0.05) is 6.07 Å². The summed E-state index contributed by atoms with van der Waals surface area (Å²) >= 11 is 0. The zero-order valence-corrected chi connectivity index (χ0v) is 11.6. The monoisotopic (exact) mass is 271 g/mol. The van der Waals surface area contributed by atoms with E-state index in [9.17, 15) is 5.11 Å². The molecular weight excluding hydrogens is 250 g/mol. The zero-order chi connectivity index (χ0) is 13.8. The van der Waals surface area contributed by atoms with Gasteiger partial charge in [0.25, 0.3) is 0 Å². The number of aromatic nitrogens is 2. The normalized spacial score (nSPS) is 17.9. The predicted molar refractivity (Wildman–Crippen MR) is 78.7 cm³/mol. The van der Waals surface area contributed by atoms with E-state index in [1.165, 1.54) is 17.5 Å². The number of imidazole rings is 1. The van der Waals surface area contributed by atoms with Crippen LogP contribution >= 0.6 is 0 Å².